The molecule has 0 bridgehead atoms. The molecule has 0 saturated heterocycles. The molecule has 0 heterocycles. The van der Waals surface area contributed by atoms with E-state index in [1.54, 1.807) is 12.1 Å². The number of alkyl halides is 9. The van der Waals surface area contributed by atoms with E-state index in [0.717, 1.165) is 0 Å². The Morgan fingerprint density at radius 2 is 0.900 bits per heavy atom. The van der Waals surface area contributed by atoms with Gasteiger partial charge in [0.05, 0.1) is 3.91 Å². The number of sulfone groups is 3. The van der Waals surface area contributed by atoms with E-state index in [4.69, 9.17) is 5.39 Å². The summed E-state index contributed by atoms with van der Waals surface area (Å²) in [5.41, 5.74) is -20.6. The van der Waals surface area contributed by atoms with Crippen molar-refractivity contribution < 1.29 is 64.8 Å². The Morgan fingerprint density at radius 1 is 0.633 bits per heavy atom. The second-order valence-electron chi connectivity index (χ2n) is 4.53. The van der Waals surface area contributed by atoms with Crippen molar-refractivity contribution in [3.8, 4) is 0 Å². The van der Waals surface area contributed by atoms with Crippen LogP contribution in [0.4, 0.5) is 45.2 Å². The molecule has 0 atom stereocenters. The molecule has 1 rings (SSSR count). The summed E-state index contributed by atoms with van der Waals surface area (Å²) in [5, 5.41) is 8.16. The van der Waals surface area contributed by atoms with Crippen LogP contribution < -0.4 is 0 Å². The lowest BCUT2D eigenvalue weighted by atomic mass is 10.3. The highest BCUT2D eigenvalue weighted by Crippen LogP contribution is 2.47. The highest BCUT2D eigenvalue weighted by atomic mass is 32.3. The highest BCUT2D eigenvalue weighted by molar-refractivity contribution is 8.29. The first-order valence-corrected chi connectivity index (χ1v) is 10.7. The summed E-state index contributed by atoms with van der Waals surface area (Å²) in [7, 11) is -24.1. The number of hydrogen-bond donors (Lipinski definition) is 0. The van der Waals surface area contributed by atoms with Crippen molar-refractivity contribution in [3.05, 3.63) is 39.2 Å². The van der Waals surface area contributed by atoms with Crippen molar-refractivity contribution in [3.63, 3.8) is 0 Å². The van der Waals surface area contributed by atoms with Gasteiger partial charge in [0.1, 0.15) is 0 Å². The van der Waals surface area contributed by atoms with Crippen LogP contribution in [0.15, 0.2) is 30.3 Å². The summed E-state index contributed by atoms with van der Waals surface area (Å²) < 4.78 is 167. The summed E-state index contributed by atoms with van der Waals surface area (Å²) in [6.07, 6.45) is 0. The minimum Gasteiger partial charge on any atom is -0.251 e. The van der Waals surface area contributed by atoms with Crippen LogP contribution in [0.5, 0.6) is 0 Å². The molecule has 20 heteroatoms. The van der Waals surface area contributed by atoms with Gasteiger partial charge >= 0.3 is 22.2 Å². The average Bonchev–Trinajstić information content (AvgIpc) is 2.52. The van der Waals surface area contributed by atoms with Crippen molar-refractivity contribution in [1.29, 1.82) is 5.39 Å². The summed E-state index contributed by atoms with van der Waals surface area (Å²) in [6, 6.07) is 8.94. The maximum Gasteiger partial charge on any atom is 0.470 e. The Morgan fingerprint density at radius 3 is 1.07 bits per heavy atom. The topological polar surface area (TPSA) is 131 Å². The van der Waals surface area contributed by atoms with Crippen LogP contribution in [0.25, 0.3) is 4.98 Å². The van der Waals surface area contributed by atoms with Crippen molar-refractivity contribution in [2.75, 3.05) is 0 Å². The van der Waals surface area contributed by atoms with Crippen molar-refractivity contribution >= 4 is 35.2 Å². The van der Waals surface area contributed by atoms with E-state index in [-0.39, 0.29) is 0 Å². The fourth-order valence-electron chi connectivity index (χ4n) is 1.21. The third kappa shape index (κ3) is 5.72. The van der Waals surface area contributed by atoms with E-state index in [2.05, 4.69) is 4.98 Å². The molecule has 0 aromatic heterocycles. The maximum atomic E-state index is 12.0. The fourth-order valence-corrected chi connectivity index (χ4v) is 6.95. The standard InChI is InChI=1S/C6H5N2.C4F9O6S3/c7-8-6-4-2-1-3-5-6;5-2(6,7)20(14,15)1(21(16,17)3(8,9)10)22(18,19)4(11,12)13/h1-5H;/q+1;-1. The van der Waals surface area contributed by atoms with Gasteiger partial charge in [-0.1, -0.05) is 18.2 Å². The molecular weight excluding hydrogens is 511 g/mol. The predicted octanol–water partition coefficient (Wildman–Crippen LogP) is 3.41. The van der Waals surface area contributed by atoms with Gasteiger partial charge in [-0.2, -0.15) is 39.5 Å². The Labute approximate surface area is 161 Å². The lowest BCUT2D eigenvalue weighted by Crippen LogP contribution is -2.47. The van der Waals surface area contributed by atoms with Crippen molar-refractivity contribution in [2.45, 2.75) is 16.5 Å². The largest absolute Gasteiger partial charge is 0.470 e. The molecule has 172 valence electrons. The molecule has 1 aromatic rings. The second-order valence-corrected chi connectivity index (χ2v) is 10.9. The first-order chi connectivity index (χ1) is 13.0. The van der Waals surface area contributed by atoms with E-state index >= 15 is 0 Å². The molecule has 1 aromatic carbocycles. The lowest BCUT2D eigenvalue weighted by Gasteiger charge is -2.31. The first kappa shape index (κ1) is 27.9. The normalized spacial score (nSPS) is 13.9. The van der Waals surface area contributed by atoms with Crippen LogP contribution >= 0.6 is 0 Å². The molecular formula is C10H5F9N2O6S3. The van der Waals surface area contributed by atoms with Gasteiger partial charge in [0.25, 0.3) is 0 Å². The van der Waals surface area contributed by atoms with Crippen molar-refractivity contribution in [2.24, 2.45) is 0 Å². The Bertz CT molecular complexity index is 994. The van der Waals surface area contributed by atoms with E-state index in [9.17, 15) is 64.8 Å². The van der Waals surface area contributed by atoms with E-state index in [0.29, 0.717) is 5.69 Å². The molecule has 30 heavy (non-hydrogen) atoms. The summed E-state index contributed by atoms with van der Waals surface area (Å²) in [5.74, 6) is 0. The second kappa shape index (κ2) is 8.54. The lowest BCUT2D eigenvalue weighted by molar-refractivity contribution is -0.0471. The maximum absolute atomic E-state index is 12.0. The molecule has 8 nitrogen and oxygen atoms in total. The van der Waals surface area contributed by atoms with E-state index in [1.165, 1.54) is 0 Å². The molecule has 0 saturated carbocycles. The van der Waals surface area contributed by atoms with Gasteiger partial charge in [-0.15, -0.1) is 0 Å². The van der Waals surface area contributed by atoms with Gasteiger partial charge in [0.15, 0.2) is 34.5 Å². The Balaban J connectivity index is 0.000000867. The van der Waals surface area contributed by atoms with Crippen LogP contribution in [0.3, 0.4) is 0 Å². The number of halogens is 9. The highest BCUT2D eigenvalue weighted by Gasteiger charge is 2.63. The average molecular weight is 516 g/mol. The third-order valence-electron chi connectivity index (χ3n) is 2.44. The summed E-state index contributed by atoms with van der Waals surface area (Å²) in [6.45, 7) is 0. The van der Waals surface area contributed by atoms with Gasteiger partial charge in [-0.3, -0.25) is 25.3 Å². The van der Waals surface area contributed by atoms with Gasteiger partial charge in [-0.05, 0) is 0 Å². The third-order valence-corrected chi connectivity index (χ3v) is 9.54. The zero-order valence-electron chi connectivity index (χ0n) is 13.4. The number of diazo groups is 1. The summed E-state index contributed by atoms with van der Waals surface area (Å²) in [4.78, 5) is 2.97. The van der Waals surface area contributed by atoms with Crippen LogP contribution in [-0.2, 0) is 29.5 Å². The number of hydrogen-bond acceptors (Lipinski definition) is 7. The van der Waals surface area contributed by atoms with Crippen LogP contribution in [0, 0.1) is 9.31 Å². The minimum absolute atomic E-state index is 0.590. The molecule has 0 aliphatic rings. The Kier molecular flexibility index (Phi) is 7.93. The van der Waals surface area contributed by atoms with Crippen LogP contribution in [0.1, 0.15) is 0 Å². The molecule has 0 amide bonds. The van der Waals surface area contributed by atoms with Gasteiger partial charge in [0, 0.05) is 12.1 Å². The predicted molar refractivity (Wildman–Crippen MR) is 79.4 cm³/mol. The Hall–Kier alpha value is -2.14. The van der Waals surface area contributed by atoms with Gasteiger partial charge in [0.2, 0.25) is 5.39 Å². The number of benzene rings is 1. The van der Waals surface area contributed by atoms with Crippen LogP contribution in [-0.4, -0.2) is 41.8 Å². The van der Waals surface area contributed by atoms with Crippen molar-refractivity contribution in [1.82, 2.24) is 0 Å². The fraction of sp³-hybridized carbons (Fsp3) is 0.300. The quantitative estimate of drug-likeness (QED) is 0.342. The minimum atomic E-state index is -8.02. The summed E-state index contributed by atoms with van der Waals surface area (Å²) >= 11 is 0. The van der Waals surface area contributed by atoms with Gasteiger partial charge < -0.3 is 0 Å². The SMILES string of the molecule is N#[N+]c1ccccc1.O=S(=O)([C-](S(=O)(=O)C(F)(F)F)S(=O)(=O)C(F)(F)F)C(F)(F)F. The molecule has 0 fully saturated rings. The van der Waals surface area contributed by atoms with Crippen LogP contribution in [0.2, 0.25) is 0 Å². The zero-order valence-corrected chi connectivity index (χ0v) is 15.8. The van der Waals surface area contributed by atoms with E-state index in [1.807, 2.05) is 18.2 Å². The number of nitrogens with zero attached hydrogens (tertiary/aromatic N) is 2. The number of rotatable bonds is 3. The zero-order chi connectivity index (χ0) is 24.4. The monoisotopic (exact) mass is 516 g/mol. The molecule has 0 radical (unpaired) electrons. The molecule has 0 aliphatic carbocycles. The van der Waals surface area contributed by atoms with Gasteiger partial charge in [-0.25, -0.2) is 0 Å². The molecule has 0 spiro atoms. The first-order valence-electron chi connectivity index (χ1n) is 6.26. The molecule has 0 N–H and O–H groups in total. The molecule has 0 unspecified atom stereocenters. The van der Waals surface area contributed by atoms with E-state index < -0.39 is 50.0 Å². The molecule has 0 aliphatic heterocycles. The smallest absolute Gasteiger partial charge is 0.251 e.